The molecule has 7 nitrogen and oxygen atoms in total. The van der Waals surface area contributed by atoms with Crippen LogP contribution in [-0.2, 0) is 14.8 Å². The van der Waals surface area contributed by atoms with Gasteiger partial charge in [-0.25, -0.2) is 8.42 Å². The molecule has 114 valence electrons. The molecule has 0 aromatic carbocycles. The van der Waals surface area contributed by atoms with Gasteiger partial charge < -0.3 is 0 Å². The van der Waals surface area contributed by atoms with Crippen molar-refractivity contribution in [2.75, 3.05) is 30.9 Å². The van der Waals surface area contributed by atoms with Gasteiger partial charge in [-0.15, -0.1) is 10.2 Å². The summed E-state index contributed by atoms with van der Waals surface area (Å²) in [5, 5.41) is 10.7. The molecule has 0 radical (unpaired) electrons. The summed E-state index contributed by atoms with van der Waals surface area (Å²) in [6, 6.07) is 0. The van der Waals surface area contributed by atoms with Gasteiger partial charge in [0, 0.05) is 12.8 Å². The zero-order chi connectivity index (χ0) is 15.3. The highest BCUT2D eigenvalue weighted by atomic mass is 32.2. The number of aromatic nitrogens is 2. The van der Waals surface area contributed by atoms with Crippen LogP contribution in [0.15, 0.2) is 4.34 Å². The predicted octanol–water partition coefficient (Wildman–Crippen LogP) is 1.12. The van der Waals surface area contributed by atoms with E-state index in [1.165, 1.54) is 18.4 Å². The van der Waals surface area contributed by atoms with Crippen molar-refractivity contribution in [1.82, 2.24) is 14.5 Å². The third-order valence-corrected chi connectivity index (χ3v) is 5.79. The lowest BCUT2D eigenvalue weighted by Gasteiger charge is -2.12. The number of thioether (sulfide) groups is 1. The van der Waals surface area contributed by atoms with Gasteiger partial charge >= 0.3 is 0 Å². The Morgan fingerprint density at radius 2 is 2.10 bits per heavy atom. The normalized spacial score (nSPS) is 12.1. The Bertz CT molecular complexity index is 556. The van der Waals surface area contributed by atoms with E-state index in [0.717, 1.165) is 20.7 Å². The summed E-state index contributed by atoms with van der Waals surface area (Å²) in [6.45, 7) is 3.97. The second-order valence-corrected chi connectivity index (χ2v) is 8.98. The van der Waals surface area contributed by atoms with Gasteiger partial charge in [0.05, 0.1) is 12.8 Å². The number of hydrogen-bond donors (Lipinski definition) is 1. The Kier molecular flexibility index (Phi) is 6.37. The summed E-state index contributed by atoms with van der Waals surface area (Å²) >= 11 is 2.86. The van der Waals surface area contributed by atoms with Crippen molar-refractivity contribution in [3.63, 3.8) is 0 Å². The molecule has 0 aliphatic carbocycles. The van der Waals surface area contributed by atoms with E-state index in [0.29, 0.717) is 11.0 Å². The largest absolute Gasteiger partial charge is 0.299 e. The number of nitrogens with zero attached hydrogens (tertiary/aromatic N) is 3. The first-order chi connectivity index (χ1) is 9.18. The van der Waals surface area contributed by atoms with Crippen LogP contribution in [0.3, 0.4) is 0 Å². The van der Waals surface area contributed by atoms with Crippen molar-refractivity contribution in [2.45, 2.75) is 18.2 Å². The van der Waals surface area contributed by atoms with Crippen LogP contribution in [0.2, 0.25) is 0 Å². The highest BCUT2D eigenvalue weighted by molar-refractivity contribution is 8.01. The molecular formula is C10H18N4O3S3. The Morgan fingerprint density at radius 3 is 2.65 bits per heavy atom. The monoisotopic (exact) mass is 338 g/mol. The molecule has 0 fully saturated rings. The van der Waals surface area contributed by atoms with E-state index >= 15 is 0 Å². The molecule has 0 saturated heterocycles. The SMILES string of the molecule is CC(C)CSc1nnc(NC(=O)CN(C)S(C)(=O)=O)s1. The summed E-state index contributed by atoms with van der Waals surface area (Å²) in [7, 11) is -2.02. The third-order valence-electron chi connectivity index (χ3n) is 2.13. The third kappa shape index (κ3) is 6.16. The molecule has 0 unspecified atom stereocenters. The fourth-order valence-electron chi connectivity index (χ4n) is 1.03. The minimum atomic E-state index is -3.37. The quantitative estimate of drug-likeness (QED) is 0.591. The van der Waals surface area contributed by atoms with Crippen LogP contribution in [0, 0.1) is 5.92 Å². The van der Waals surface area contributed by atoms with Crippen molar-refractivity contribution in [3.05, 3.63) is 0 Å². The van der Waals surface area contributed by atoms with E-state index in [-0.39, 0.29) is 6.54 Å². The lowest BCUT2D eigenvalue weighted by Crippen LogP contribution is -2.34. The summed E-state index contributed by atoms with van der Waals surface area (Å²) in [4.78, 5) is 11.7. The van der Waals surface area contributed by atoms with Gasteiger partial charge in [-0.05, 0) is 5.92 Å². The summed E-state index contributed by atoms with van der Waals surface area (Å²) in [5.74, 6) is 1.04. The zero-order valence-electron chi connectivity index (χ0n) is 11.8. The molecule has 20 heavy (non-hydrogen) atoms. The van der Waals surface area contributed by atoms with E-state index in [1.807, 2.05) is 0 Å². The molecular weight excluding hydrogens is 320 g/mol. The molecule has 1 aromatic rings. The molecule has 1 amide bonds. The van der Waals surface area contributed by atoms with Crippen molar-refractivity contribution < 1.29 is 13.2 Å². The van der Waals surface area contributed by atoms with E-state index < -0.39 is 15.9 Å². The zero-order valence-corrected chi connectivity index (χ0v) is 14.2. The molecule has 1 aromatic heterocycles. The van der Waals surface area contributed by atoms with Crippen LogP contribution in [0.1, 0.15) is 13.8 Å². The molecule has 0 aliphatic heterocycles. The predicted molar refractivity (Wildman–Crippen MR) is 81.6 cm³/mol. The number of amides is 1. The van der Waals surface area contributed by atoms with Gasteiger partial charge in [0.15, 0.2) is 4.34 Å². The van der Waals surface area contributed by atoms with E-state index in [1.54, 1.807) is 11.8 Å². The van der Waals surface area contributed by atoms with Gasteiger partial charge in [0.1, 0.15) is 0 Å². The number of anilines is 1. The molecule has 0 saturated carbocycles. The summed E-state index contributed by atoms with van der Waals surface area (Å²) in [5.41, 5.74) is 0. The Balaban J connectivity index is 2.50. The Hall–Kier alpha value is -0.710. The van der Waals surface area contributed by atoms with E-state index in [4.69, 9.17) is 0 Å². The number of rotatable bonds is 7. The van der Waals surface area contributed by atoms with Crippen LogP contribution < -0.4 is 5.32 Å². The first kappa shape index (κ1) is 17.3. The molecule has 0 atom stereocenters. The number of carbonyl (C=O) groups is 1. The van der Waals surface area contributed by atoms with Crippen LogP contribution in [0.4, 0.5) is 5.13 Å². The molecule has 1 N–H and O–H groups in total. The van der Waals surface area contributed by atoms with E-state index in [2.05, 4.69) is 29.4 Å². The smallest absolute Gasteiger partial charge is 0.241 e. The van der Waals surface area contributed by atoms with Crippen LogP contribution in [0.25, 0.3) is 0 Å². The molecule has 10 heteroatoms. The number of nitrogens with one attached hydrogen (secondary N) is 1. The average Bonchev–Trinajstić information content (AvgIpc) is 2.72. The van der Waals surface area contributed by atoms with Gasteiger partial charge in [0.2, 0.25) is 21.1 Å². The number of carbonyl (C=O) groups excluding carboxylic acids is 1. The maximum Gasteiger partial charge on any atom is 0.241 e. The standard InChI is InChI=1S/C10H18N4O3S3/c1-7(2)6-18-10-13-12-9(19-10)11-8(15)5-14(3)20(4,16)17/h7H,5-6H2,1-4H3,(H,11,12,15). The van der Waals surface area contributed by atoms with Crippen LogP contribution in [0.5, 0.6) is 0 Å². The fraction of sp³-hybridized carbons (Fsp3) is 0.700. The van der Waals surface area contributed by atoms with Crippen LogP contribution in [-0.4, -0.2) is 54.4 Å². The van der Waals surface area contributed by atoms with Crippen molar-refractivity contribution >= 4 is 44.2 Å². The maximum absolute atomic E-state index is 11.7. The Labute approximate surface area is 127 Å². The molecule has 0 spiro atoms. The number of hydrogen-bond acceptors (Lipinski definition) is 7. The highest BCUT2D eigenvalue weighted by Gasteiger charge is 2.16. The second-order valence-electron chi connectivity index (χ2n) is 4.65. The van der Waals surface area contributed by atoms with Crippen molar-refractivity contribution in [2.24, 2.45) is 5.92 Å². The topological polar surface area (TPSA) is 92.3 Å². The Morgan fingerprint density at radius 1 is 1.45 bits per heavy atom. The average molecular weight is 338 g/mol. The molecule has 1 rings (SSSR count). The van der Waals surface area contributed by atoms with Gasteiger partial charge in [0.25, 0.3) is 0 Å². The summed E-state index contributed by atoms with van der Waals surface area (Å²) < 4.78 is 24.1. The van der Waals surface area contributed by atoms with E-state index in [9.17, 15) is 13.2 Å². The minimum absolute atomic E-state index is 0.243. The maximum atomic E-state index is 11.7. The molecule has 0 bridgehead atoms. The van der Waals surface area contributed by atoms with Gasteiger partial charge in [-0.3, -0.25) is 10.1 Å². The number of sulfonamides is 1. The van der Waals surface area contributed by atoms with Crippen molar-refractivity contribution in [3.8, 4) is 0 Å². The second kappa shape index (κ2) is 7.34. The highest BCUT2D eigenvalue weighted by Crippen LogP contribution is 2.26. The first-order valence-corrected chi connectivity index (χ1v) is 9.51. The lowest BCUT2D eigenvalue weighted by molar-refractivity contribution is -0.116. The van der Waals surface area contributed by atoms with Crippen LogP contribution >= 0.6 is 23.1 Å². The summed E-state index contributed by atoms with van der Waals surface area (Å²) in [6.07, 6.45) is 1.05. The van der Waals surface area contributed by atoms with Gasteiger partial charge in [-0.2, -0.15) is 4.31 Å². The van der Waals surface area contributed by atoms with Crippen molar-refractivity contribution in [1.29, 1.82) is 0 Å². The molecule has 0 aliphatic rings. The number of likely N-dealkylation sites (N-methyl/N-ethyl adjacent to an activating group) is 1. The van der Waals surface area contributed by atoms with Gasteiger partial charge in [-0.1, -0.05) is 36.9 Å². The lowest BCUT2D eigenvalue weighted by atomic mass is 10.3. The first-order valence-electron chi connectivity index (χ1n) is 5.86. The fourth-order valence-corrected chi connectivity index (χ4v) is 3.13. The minimum Gasteiger partial charge on any atom is -0.299 e. The molecule has 1 heterocycles.